The molecule has 2 aromatic heterocycles. The van der Waals surface area contributed by atoms with Crippen LogP contribution in [0.25, 0.3) is 21.8 Å². The summed E-state index contributed by atoms with van der Waals surface area (Å²) in [4.78, 5) is 21.7. The first kappa shape index (κ1) is 21.0. The van der Waals surface area contributed by atoms with E-state index in [1.54, 1.807) is 7.11 Å². The molecule has 0 saturated heterocycles. The van der Waals surface area contributed by atoms with Crippen LogP contribution in [0.5, 0.6) is 11.5 Å². The first-order valence-electron chi connectivity index (χ1n) is 9.73. The van der Waals surface area contributed by atoms with Crippen molar-refractivity contribution in [2.45, 2.75) is 13.3 Å². The van der Waals surface area contributed by atoms with Crippen LogP contribution in [0.1, 0.15) is 12.6 Å². The minimum atomic E-state index is -0.157. The highest BCUT2D eigenvalue weighted by Gasteiger charge is 2.14. The second-order valence-electron chi connectivity index (χ2n) is 6.54. The molecule has 0 aliphatic carbocycles. The normalized spacial score (nSPS) is 10.6. The summed E-state index contributed by atoms with van der Waals surface area (Å²) in [7, 11) is 1.63. The fourth-order valence-corrected chi connectivity index (χ4v) is 4.65. The molecule has 0 unspecified atom stereocenters. The Morgan fingerprint density at radius 1 is 0.968 bits per heavy atom. The molecule has 6 nitrogen and oxygen atoms in total. The number of nitrogens with one attached hydrogen (secondary N) is 1. The first-order chi connectivity index (χ1) is 15.2. The van der Waals surface area contributed by atoms with Crippen LogP contribution < -0.4 is 14.8 Å². The third-order valence-electron chi connectivity index (χ3n) is 4.44. The van der Waals surface area contributed by atoms with Crippen LogP contribution in [0, 0.1) is 0 Å². The van der Waals surface area contributed by atoms with Gasteiger partial charge in [-0.15, -0.1) is 22.7 Å². The number of benzene rings is 2. The van der Waals surface area contributed by atoms with Gasteiger partial charge in [0, 0.05) is 16.3 Å². The molecule has 2 heterocycles. The number of thiazole rings is 2. The van der Waals surface area contributed by atoms with Gasteiger partial charge in [-0.2, -0.15) is 0 Å². The minimum Gasteiger partial charge on any atom is -0.496 e. The molecule has 0 saturated carbocycles. The van der Waals surface area contributed by atoms with Gasteiger partial charge in [-0.3, -0.25) is 4.79 Å². The average molecular weight is 452 g/mol. The molecule has 0 aliphatic heterocycles. The molecule has 0 atom stereocenters. The summed E-state index contributed by atoms with van der Waals surface area (Å²) < 4.78 is 11.1. The zero-order valence-corrected chi connectivity index (χ0v) is 18.8. The van der Waals surface area contributed by atoms with E-state index in [4.69, 9.17) is 9.47 Å². The van der Waals surface area contributed by atoms with Crippen molar-refractivity contribution in [3.05, 3.63) is 65.0 Å². The number of rotatable bonds is 8. The van der Waals surface area contributed by atoms with Gasteiger partial charge in [0.05, 0.1) is 37.1 Å². The maximum Gasteiger partial charge on any atom is 0.232 e. The third kappa shape index (κ3) is 4.92. The molecule has 8 heteroatoms. The molecule has 1 amide bonds. The third-order valence-corrected chi connectivity index (χ3v) is 6.13. The van der Waals surface area contributed by atoms with Crippen LogP contribution >= 0.6 is 22.7 Å². The van der Waals surface area contributed by atoms with Gasteiger partial charge in [0.15, 0.2) is 5.13 Å². The Hall–Kier alpha value is -3.23. The van der Waals surface area contributed by atoms with Crippen molar-refractivity contribution >= 4 is 33.7 Å². The van der Waals surface area contributed by atoms with Crippen molar-refractivity contribution in [3.8, 4) is 33.3 Å². The van der Waals surface area contributed by atoms with E-state index in [1.165, 1.54) is 22.7 Å². The van der Waals surface area contributed by atoms with E-state index in [9.17, 15) is 4.79 Å². The van der Waals surface area contributed by atoms with Crippen LogP contribution in [0.3, 0.4) is 0 Å². The monoisotopic (exact) mass is 451 g/mol. The summed E-state index contributed by atoms with van der Waals surface area (Å²) in [5, 5.41) is 8.05. The van der Waals surface area contributed by atoms with Crippen molar-refractivity contribution in [3.63, 3.8) is 0 Å². The minimum absolute atomic E-state index is 0.157. The number of para-hydroxylation sites is 2. The molecular formula is C23H21N3O3S2. The fraction of sp³-hybridized carbons (Fsp3) is 0.174. The SMILES string of the molecule is CCOc1ccccc1-c1nc(CC(=O)Nc2nc(-c3ccccc3OC)cs2)cs1. The van der Waals surface area contributed by atoms with Crippen LogP contribution in [-0.2, 0) is 11.2 Å². The number of carbonyl (C=O) groups is 1. The van der Waals surface area contributed by atoms with Gasteiger partial charge in [-0.25, -0.2) is 9.97 Å². The summed E-state index contributed by atoms with van der Waals surface area (Å²) in [6.45, 7) is 2.54. The van der Waals surface area contributed by atoms with Crippen LogP contribution in [-0.4, -0.2) is 29.6 Å². The molecular weight excluding hydrogens is 430 g/mol. The predicted molar refractivity (Wildman–Crippen MR) is 125 cm³/mol. The van der Waals surface area contributed by atoms with Crippen LogP contribution in [0.15, 0.2) is 59.3 Å². The zero-order valence-electron chi connectivity index (χ0n) is 17.1. The highest BCUT2D eigenvalue weighted by atomic mass is 32.1. The second-order valence-corrected chi connectivity index (χ2v) is 8.25. The number of carbonyl (C=O) groups excluding carboxylic acids is 1. The standard InChI is InChI=1S/C23H21N3O3S2/c1-3-29-20-11-7-5-9-17(20)22-24-15(13-30-22)12-21(27)26-23-25-18(14-31-23)16-8-4-6-10-19(16)28-2/h4-11,13-14H,3,12H2,1-2H3,(H,25,26,27). The molecule has 1 N–H and O–H groups in total. The van der Waals surface area contributed by atoms with E-state index in [1.807, 2.05) is 66.2 Å². The molecule has 0 spiro atoms. The number of amides is 1. The highest BCUT2D eigenvalue weighted by Crippen LogP contribution is 2.33. The van der Waals surface area contributed by atoms with E-state index in [0.29, 0.717) is 17.4 Å². The summed E-state index contributed by atoms with van der Waals surface area (Å²) in [5.74, 6) is 1.38. The zero-order chi connectivity index (χ0) is 21.6. The van der Waals surface area contributed by atoms with Gasteiger partial charge in [0.1, 0.15) is 16.5 Å². The van der Waals surface area contributed by atoms with Crippen LogP contribution in [0.2, 0.25) is 0 Å². The van der Waals surface area contributed by atoms with Crippen molar-refractivity contribution < 1.29 is 14.3 Å². The molecule has 2 aromatic carbocycles. The Balaban J connectivity index is 1.43. The number of aromatic nitrogens is 2. The van der Waals surface area contributed by atoms with Gasteiger partial charge in [0.25, 0.3) is 0 Å². The Morgan fingerprint density at radius 2 is 1.71 bits per heavy atom. The summed E-state index contributed by atoms with van der Waals surface area (Å²) in [6, 6.07) is 15.5. The highest BCUT2D eigenvalue weighted by molar-refractivity contribution is 7.14. The maximum absolute atomic E-state index is 12.5. The van der Waals surface area contributed by atoms with Crippen LogP contribution in [0.4, 0.5) is 5.13 Å². The summed E-state index contributed by atoms with van der Waals surface area (Å²) >= 11 is 2.88. The molecule has 0 radical (unpaired) electrons. The smallest absolute Gasteiger partial charge is 0.232 e. The largest absolute Gasteiger partial charge is 0.496 e. The molecule has 0 fully saturated rings. The van der Waals surface area contributed by atoms with E-state index in [-0.39, 0.29) is 12.3 Å². The molecule has 31 heavy (non-hydrogen) atoms. The van der Waals surface area contributed by atoms with E-state index < -0.39 is 0 Å². The van der Waals surface area contributed by atoms with Gasteiger partial charge >= 0.3 is 0 Å². The first-order valence-corrected chi connectivity index (χ1v) is 11.5. The topological polar surface area (TPSA) is 73.3 Å². The average Bonchev–Trinajstić information content (AvgIpc) is 3.44. The Morgan fingerprint density at radius 3 is 2.48 bits per heavy atom. The van der Waals surface area contributed by atoms with Gasteiger partial charge in [-0.05, 0) is 31.2 Å². The molecule has 4 aromatic rings. The van der Waals surface area contributed by atoms with Gasteiger partial charge < -0.3 is 14.8 Å². The van der Waals surface area contributed by atoms with Crippen molar-refractivity contribution in [2.24, 2.45) is 0 Å². The summed E-state index contributed by atoms with van der Waals surface area (Å²) in [6.07, 6.45) is 0.177. The van der Waals surface area contributed by atoms with Crippen molar-refractivity contribution in [1.82, 2.24) is 9.97 Å². The quantitative estimate of drug-likeness (QED) is 0.382. The van der Waals surface area contributed by atoms with Crippen molar-refractivity contribution in [1.29, 1.82) is 0 Å². The second kappa shape index (κ2) is 9.72. The lowest BCUT2D eigenvalue weighted by molar-refractivity contribution is -0.115. The molecule has 158 valence electrons. The number of methoxy groups -OCH3 is 1. The molecule has 0 aliphatic rings. The van der Waals surface area contributed by atoms with Gasteiger partial charge in [0.2, 0.25) is 5.91 Å². The lowest BCUT2D eigenvalue weighted by atomic mass is 10.1. The Kier molecular flexibility index (Phi) is 6.59. The van der Waals surface area contributed by atoms with E-state index in [2.05, 4.69) is 15.3 Å². The lowest BCUT2D eigenvalue weighted by Gasteiger charge is -2.07. The predicted octanol–water partition coefficient (Wildman–Crippen LogP) is 5.52. The maximum atomic E-state index is 12.5. The number of hydrogen-bond donors (Lipinski definition) is 1. The van der Waals surface area contributed by atoms with Gasteiger partial charge in [-0.1, -0.05) is 24.3 Å². The molecule has 0 bridgehead atoms. The number of anilines is 1. The van der Waals surface area contributed by atoms with E-state index in [0.717, 1.165) is 33.3 Å². The van der Waals surface area contributed by atoms with Crippen molar-refractivity contribution in [2.75, 3.05) is 19.0 Å². The van der Waals surface area contributed by atoms with E-state index >= 15 is 0 Å². The lowest BCUT2D eigenvalue weighted by Crippen LogP contribution is -2.14. The Labute approximate surface area is 188 Å². The molecule has 4 rings (SSSR count). The number of nitrogens with zero attached hydrogens (tertiary/aromatic N) is 2. The summed E-state index contributed by atoms with van der Waals surface area (Å²) in [5.41, 5.74) is 3.30. The fourth-order valence-electron chi connectivity index (χ4n) is 3.08. The number of ether oxygens (including phenoxy) is 2. The Bertz CT molecular complexity index is 1190. The number of hydrogen-bond acceptors (Lipinski definition) is 7.